The molecule has 2 aromatic heterocycles. The van der Waals surface area contributed by atoms with Gasteiger partial charge in [0.2, 0.25) is 0 Å². The molecule has 3 rings (SSSR count). The molecule has 2 heterocycles. The largest absolute Gasteiger partial charge is 0.380 e. The number of thiazole rings is 1. The fourth-order valence-electron chi connectivity index (χ4n) is 1.91. The molecule has 1 aromatic carbocycles. The molecule has 98 valence electrons. The molecule has 3 aromatic rings. The van der Waals surface area contributed by atoms with Gasteiger partial charge in [-0.2, -0.15) is 5.10 Å². The van der Waals surface area contributed by atoms with Gasteiger partial charge in [-0.05, 0) is 19.1 Å². The molecular formula is C12H10ClFN4S. The molecule has 0 aliphatic heterocycles. The molecule has 2 N–H and O–H groups in total. The van der Waals surface area contributed by atoms with Crippen LogP contribution in [0.2, 0.25) is 4.47 Å². The second-order valence-corrected chi connectivity index (χ2v) is 5.83. The maximum Gasteiger partial charge on any atom is 0.183 e. The molecule has 0 aliphatic rings. The highest BCUT2D eigenvalue weighted by atomic mass is 35.5. The van der Waals surface area contributed by atoms with Crippen LogP contribution in [0.3, 0.4) is 0 Å². The van der Waals surface area contributed by atoms with Crippen LogP contribution in [0.15, 0.2) is 18.3 Å². The number of fused-ring (bicyclic) bond motifs is 1. The van der Waals surface area contributed by atoms with Gasteiger partial charge in [0.05, 0.1) is 17.4 Å². The van der Waals surface area contributed by atoms with Crippen molar-refractivity contribution in [1.82, 2.24) is 15.2 Å². The molecule has 0 saturated heterocycles. The number of aromatic amines is 1. The Labute approximate surface area is 117 Å². The van der Waals surface area contributed by atoms with Crippen molar-refractivity contribution in [2.24, 2.45) is 0 Å². The number of halogens is 2. The first-order valence-electron chi connectivity index (χ1n) is 5.62. The van der Waals surface area contributed by atoms with Crippen molar-refractivity contribution in [3.05, 3.63) is 39.2 Å². The van der Waals surface area contributed by atoms with Gasteiger partial charge in [-0.15, -0.1) is 11.3 Å². The minimum atomic E-state index is -0.284. The second-order valence-electron chi connectivity index (χ2n) is 4.13. The Kier molecular flexibility index (Phi) is 3.12. The lowest BCUT2D eigenvalue weighted by Gasteiger charge is -2.05. The molecule has 0 fully saturated rings. The standard InChI is InChI=1S/C12H10ClFN4S/c1-6-11-9(14)2-7(3-10(11)18-17-6)15-4-8-5-16-12(13)19-8/h2-3,5,15H,4H2,1H3,(H,17,18). The van der Waals surface area contributed by atoms with Gasteiger partial charge in [0, 0.05) is 22.5 Å². The molecular weight excluding hydrogens is 287 g/mol. The van der Waals surface area contributed by atoms with Gasteiger partial charge in [0.1, 0.15) is 5.82 Å². The minimum Gasteiger partial charge on any atom is -0.380 e. The number of aryl methyl sites for hydroxylation is 1. The summed E-state index contributed by atoms with van der Waals surface area (Å²) in [5.74, 6) is -0.284. The summed E-state index contributed by atoms with van der Waals surface area (Å²) < 4.78 is 14.4. The van der Waals surface area contributed by atoms with Gasteiger partial charge >= 0.3 is 0 Å². The van der Waals surface area contributed by atoms with Crippen LogP contribution in [0, 0.1) is 12.7 Å². The van der Waals surface area contributed by atoms with Crippen LogP contribution in [-0.2, 0) is 6.54 Å². The van der Waals surface area contributed by atoms with Crippen molar-refractivity contribution in [3.63, 3.8) is 0 Å². The van der Waals surface area contributed by atoms with E-state index in [0.29, 0.717) is 27.6 Å². The van der Waals surface area contributed by atoms with Gasteiger partial charge < -0.3 is 5.32 Å². The molecule has 0 bridgehead atoms. The van der Waals surface area contributed by atoms with Crippen LogP contribution >= 0.6 is 22.9 Å². The normalized spacial score (nSPS) is 11.1. The first-order chi connectivity index (χ1) is 9.13. The van der Waals surface area contributed by atoms with E-state index in [1.165, 1.54) is 17.4 Å². The summed E-state index contributed by atoms with van der Waals surface area (Å²) >= 11 is 7.15. The summed E-state index contributed by atoms with van der Waals surface area (Å²) in [7, 11) is 0. The van der Waals surface area contributed by atoms with E-state index >= 15 is 0 Å². The van der Waals surface area contributed by atoms with Crippen molar-refractivity contribution in [2.75, 3.05) is 5.32 Å². The molecule has 4 nitrogen and oxygen atoms in total. The van der Waals surface area contributed by atoms with Gasteiger partial charge in [-0.3, -0.25) is 5.10 Å². The number of rotatable bonds is 3. The number of nitrogens with zero attached hydrogens (tertiary/aromatic N) is 2. The van der Waals surface area contributed by atoms with E-state index in [1.807, 2.05) is 6.07 Å². The monoisotopic (exact) mass is 296 g/mol. The molecule has 7 heteroatoms. The topological polar surface area (TPSA) is 53.6 Å². The first-order valence-corrected chi connectivity index (χ1v) is 6.81. The zero-order valence-electron chi connectivity index (χ0n) is 10.00. The van der Waals surface area contributed by atoms with Gasteiger partial charge in [0.25, 0.3) is 0 Å². The third kappa shape index (κ3) is 2.41. The Morgan fingerprint density at radius 1 is 1.47 bits per heavy atom. The fourth-order valence-corrected chi connectivity index (χ4v) is 2.83. The summed E-state index contributed by atoms with van der Waals surface area (Å²) in [5.41, 5.74) is 2.02. The number of anilines is 1. The number of H-pyrrole nitrogens is 1. The van der Waals surface area contributed by atoms with Crippen LogP contribution in [0.25, 0.3) is 10.9 Å². The molecule has 0 radical (unpaired) electrons. The molecule has 0 unspecified atom stereocenters. The van der Waals surface area contributed by atoms with Crippen LogP contribution in [0.4, 0.5) is 10.1 Å². The molecule has 0 aliphatic carbocycles. The highest BCUT2D eigenvalue weighted by Gasteiger charge is 2.09. The van der Waals surface area contributed by atoms with E-state index in [1.54, 1.807) is 13.1 Å². The van der Waals surface area contributed by atoms with E-state index in [9.17, 15) is 4.39 Å². The molecule has 0 spiro atoms. The number of benzene rings is 1. The van der Waals surface area contributed by atoms with Crippen LogP contribution in [0.1, 0.15) is 10.6 Å². The van der Waals surface area contributed by atoms with Crippen LogP contribution in [-0.4, -0.2) is 15.2 Å². The third-order valence-corrected chi connectivity index (χ3v) is 3.90. The summed E-state index contributed by atoms with van der Waals surface area (Å²) in [6.45, 7) is 2.35. The maximum absolute atomic E-state index is 13.9. The zero-order valence-corrected chi connectivity index (χ0v) is 11.6. The van der Waals surface area contributed by atoms with Crippen molar-refractivity contribution in [3.8, 4) is 0 Å². The highest BCUT2D eigenvalue weighted by Crippen LogP contribution is 2.25. The molecule has 0 atom stereocenters. The van der Waals surface area contributed by atoms with Gasteiger partial charge in [-0.25, -0.2) is 9.37 Å². The quantitative estimate of drug-likeness (QED) is 0.774. The van der Waals surface area contributed by atoms with Crippen LogP contribution < -0.4 is 5.32 Å². The number of nitrogens with one attached hydrogen (secondary N) is 2. The molecule has 0 saturated carbocycles. The van der Waals surface area contributed by atoms with Gasteiger partial charge in [0.15, 0.2) is 4.47 Å². The Bertz CT molecular complexity index is 736. The number of hydrogen-bond donors (Lipinski definition) is 2. The lowest BCUT2D eigenvalue weighted by atomic mass is 10.2. The smallest absolute Gasteiger partial charge is 0.183 e. The molecule has 0 amide bonds. The summed E-state index contributed by atoms with van der Waals surface area (Å²) in [4.78, 5) is 4.94. The lowest BCUT2D eigenvalue weighted by molar-refractivity contribution is 0.639. The Hall–Kier alpha value is -1.66. The third-order valence-electron chi connectivity index (χ3n) is 2.78. The number of hydrogen-bond acceptors (Lipinski definition) is 4. The Balaban J connectivity index is 1.85. The van der Waals surface area contributed by atoms with E-state index in [2.05, 4.69) is 20.5 Å². The maximum atomic E-state index is 13.9. The van der Waals surface area contributed by atoms with Crippen molar-refractivity contribution >= 4 is 39.5 Å². The Morgan fingerprint density at radius 2 is 2.32 bits per heavy atom. The van der Waals surface area contributed by atoms with Crippen molar-refractivity contribution in [2.45, 2.75) is 13.5 Å². The minimum absolute atomic E-state index is 0.284. The predicted molar refractivity (Wildman–Crippen MR) is 75.2 cm³/mol. The lowest BCUT2D eigenvalue weighted by Crippen LogP contribution is -1.98. The van der Waals surface area contributed by atoms with Gasteiger partial charge in [-0.1, -0.05) is 11.6 Å². The van der Waals surface area contributed by atoms with E-state index in [-0.39, 0.29) is 5.82 Å². The number of aromatic nitrogens is 3. The first kappa shape index (κ1) is 12.4. The zero-order chi connectivity index (χ0) is 13.4. The van der Waals surface area contributed by atoms with Crippen LogP contribution in [0.5, 0.6) is 0 Å². The fraction of sp³-hybridized carbons (Fsp3) is 0.167. The summed E-state index contributed by atoms with van der Waals surface area (Å²) in [6, 6.07) is 3.28. The van der Waals surface area contributed by atoms with Crippen molar-refractivity contribution in [1.29, 1.82) is 0 Å². The summed E-state index contributed by atoms with van der Waals surface area (Å²) in [6.07, 6.45) is 1.70. The highest BCUT2D eigenvalue weighted by molar-refractivity contribution is 7.15. The van der Waals surface area contributed by atoms with Crippen molar-refractivity contribution < 1.29 is 4.39 Å². The average Bonchev–Trinajstić information content (AvgIpc) is 2.94. The van der Waals surface area contributed by atoms with E-state index in [0.717, 1.165) is 10.6 Å². The Morgan fingerprint density at radius 3 is 3.05 bits per heavy atom. The predicted octanol–water partition coefficient (Wildman–Crippen LogP) is 3.73. The average molecular weight is 297 g/mol. The molecule has 19 heavy (non-hydrogen) atoms. The van der Waals surface area contributed by atoms with E-state index < -0.39 is 0 Å². The SMILES string of the molecule is Cc1[nH]nc2cc(NCc3cnc(Cl)s3)cc(F)c12. The van der Waals surface area contributed by atoms with E-state index in [4.69, 9.17) is 11.6 Å². The summed E-state index contributed by atoms with van der Waals surface area (Å²) in [5, 5.41) is 10.5. The second kappa shape index (κ2) is 4.79.